The summed E-state index contributed by atoms with van der Waals surface area (Å²) in [6.45, 7) is 2.52. The molecule has 1 rings (SSSR count). The number of nitrogens with zero attached hydrogens (tertiary/aromatic N) is 1. The Labute approximate surface area is 97.8 Å². The third kappa shape index (κ3) is 2.82. The van der Waals surface area contributed by atoms with Crippen LogP contribution in [-0.4, -0.2) is 24.6 Å². The predicted molar refractivity (Wildman–Crippen MR) is 59.3 cm³/mol. The van der Waals surface area contributed by atoms with E-state index >= 15 is 0 Å². The lowest BCUT2D eigenvalue weighted by atomic mass is 10.2. The lowest BCUT2D eigenvalue weighted by molar-refractivity contribution is 0.0600. The Morgan fingerprint density at radius 2 is 2.38 bits per heavy atom. The van der Waals surface area contributed by atoms with Crippen molar-refractivity contribution in [3.05, 3.63) is 22.6 Å². The Kier molecular flexibility index (Phi) is 4.49. The summed E-state index contributed by atoms with van der Waals surface area (Å²) >= 11 is 5.74. The third-order valence-electron chi connectivity index (χ3n) is 1.88. The molecule has 0 bridgehead atoms. The first-order valence-corrected chi connectivity index (χ1v) is 5.16. The summed E-state index contributed by atoms with van der Waals surface area (Å²) in [5.74, 6) is -1.30. The van der Waals surface area contributed by atoms with Gasteiger partial charge in [-0.15, -0.1) is 0 Å². The minimum atomic E-state index is -0.710. The Morgan fingerprint density at radius 3 is 2.94 bits per heavy atom. The molecular weight excluding hydrogens is 235 g/mol. The maximum atomic E-state index is 13.5. The van der Waals surface area contributed by atoms with E-state index in [1.807, 2.05) is 6.92 Å². The fraction of sp³-hybridized carbons (Fsp3) is 0.400. The molecule has 1 aromatic heterocycles. The molecule has 0 saturated heterocycles. The molecule has 0 spiro atoms. The number of hydrogen-bond acceptors (Lipinski definition) is 4. The number of rotatable bonds is 4. The van der Waals surface area contributed by atoms with Crippen molar-refractivity contribution in [2.45, 2.75) is 13.3 Å². The number of anilines is 1. The molecule has 4 nitrogen and oxygen atoms in total. The summed E-state index contributed by atoms with van der Waals surface area (Å²) in [7, 11) is 1.19. The number of esters is 1. The molecule has 0 aliphatic rings. The SMILES string of the molecule is CCCNc1nc(Cl)c(C(=O)OC)cc1F. The van der Waals surface area contributed by atoms with E-state index < -0.39 is 11.8 Å². The highest BCUT2D eigenvalue weighted by Gasteiger charge is 2.16. The summed E-state index contributed by atoms with van der Waals surface area (Å²) in [6, 6.07) is 1.01. The van der Waals surface area contributed by atoms with Crippen molar-refractivity contribution >= 4 is 23.4 Å². The molecule has 88 valence electrons. The molecule has 0 unspecified atom stereocenters. The van der Waals surface area contributed by atoms with Gasteiger partial charge in [0.1, 0.15) is 10.7 Å². The van der Waals surface area contributed by atoms with E-state index in [-0.39, 0.29) is 16.5 Å². The maximum absolute atomic E-state index is 13.5. The minimum Gasteiger partial charge on any atom is -0.465 e. The highest BCUT2D eigenvalue weighted by atomic mass is 35.5. The van der Waals surface area contributed by atoms with Crippen molar-refractivity contribution in [3.8, 4) is 0 Å². The number of pyridine rings is 1. The zero-order valence-electron chi connectivity index (χ0n) is 9.01. The Morgan fingerprint density at radius 1 is 1.69 bits per heavy atom. The highest BCUT2D eigenvalue weighted by Crippen LogP contribution is 2.20. The monoisotopic (exact) mass is 246 g/mol. The van der Waals surface area contributed by atoms with Crippen molar-refractivity contribution in [2.24, 2.45) is 0 Å². The van der Waals surface area contributed by atoms with Gasteiger partial charge < -0.3 is 10.1 Å². The number of carbonyl (C=O) groups is 1. The number of hydrogen-bond donors (Lipinski definition) is 1. The van der Waals surface area contributed by atoms with Crippen molar-refractivity contribution in [3.63, 3.8) is 0 Å². The lowest BCUT2D eigenvalue weighted by Crippen LogP contribution is -2.09. The molecule has 1 aromatic rings. The molecular formula is C10H12ClFN2O2. The number of halogens is 2. The maximum Gasteiger partial charge on any atom is 0.341 e. The van der Waals surface area contributed by atoms with Crippen LogP contribution in [-0.2, 0) is 4.74 Å². The van der Waals surface area contributed by atoms with Crippen LogP contribution in [0.2, 0.25) is 5.15 Å². The first-order chi connectivity index (χ1) is 7.60. The van der Waals surface area contributed by atoms with Crippen molar-refractivity contribution in [2.75, 3.05) is 19.0 Å². The Hall–Kier alpha value is -1.36. The average molecular weight is 247 g/mol. The normalized spacial score (nSPS) is 10.0. The molecule has 0 atom stereocenters. The number of ether oxygens (including phenoxy) is 1. The Bertz CT molecular complexity index is 399. The van der Waals surface area contributed by atoms with Gasteiger partial charge in [0.15, 0.2) is 11.6 Å². The lowest BCUT2D eigenvalue weighted by Gasteiger charge is -2.07. The van der Waals surface area contributed by atoms with Gasteiger partial charge in [0.05, 0.1) is 7.11 Å². The van der Waals surface area contributed by atoms with Gasteiger partial charge >= 0.3 is 5.97 Å². The molecule has 0 aliphatic heterocycles. The molecule has 16 heavy (non-hydrogen) atoms. The number of nitrogens with one attached hydrogen (secondary N) is 1. The van der Waals surface area contributed by atoms with Crippen molar-refractivity contribution in [1.82, 2.24) is 4.98 Å². The number of aromatic nitrogens is 1. The van der Waals surface area contributed by atoms with E-state index in [1.54, 1.807) is 0 Å². The highest BCUT2D eigenvalue weighted by molar-refractivity contribution is 6.32. The molecule has 0 saturated carbocycles. The largest absolute Gasteiger partial charge is 0.465 e. The van der Waals surface area contributed by atoms with E-state index in [4.69, 9.17) is 11.6 Å². The fourth-order valence-electron chi connectivity index (χ4n) is 1.09. The zero-order valence-corrected chi connectivity index (χ0v) is 9.77. The molecule has 0 radical (unpaired) electrons. The van der Waals surface area contributed by atoms with Crippen molar-refractivity contribution in [1.29, 1.82) is 0 Å². The van der Waals surface area contributed by atoms with Gasteiger partial charge in [0, 0.05) is 6.54 Å². The minimum absolute atomic E-state index is 0.0412. The van der Waals surface area contributed by atoms with Crippen LogP contribution in [0.5, 0.6) is 0 Å². The van der Waals surface area contributed by atoms with Crippen LogP contribution in [0.3, 0.4) is 0 Å². The second kappa shape index (κ2) is 5.65. The van der Waals surface area contributed by atoms with Crippen LogP contribution >= 0.6 is 11.6 Å². The fourth-order valence-corrected chi connectivity index (χ4v) is 1.30. The van der Waals surface area contributed by atoms with Gasteiger partial charge in [-0.3, -0.25) is 0 Å². The smallest absolute Gasteiger partial charge is 0.341 e. The molecule has 0 fully saturated rings. The average Bonchev–Trinajstić information content (AvgIpc) is 2.28. The van der Waals surface area contributed by atoms with Crippen LogP contribution in [0.1, 0.15) is 23.7 Å². The van der Waals surface area contributed by atoms with E-state index in [0.717, 1.165) is 12.5 Å². The van der Waals surface area contributed by atoms with Gasteiger partial charge in [0.2, 0.25) is 0 Å². The van der Waals surface area contributed by atoms with Gasteiger partial charge in [-0.05, 0) is 12.5 Å². The van der Waals surface area contributed by atoms with E-state index in [1.165, 1.54) is 7.11 Å². The zero-order chi connectivity index (χ0) is 12.1. The molecule has 1 N–H and O–H groups in total. The molecule has 0 aliphatic carbocycles. The quantitative estimate of drug-likeness (QED) is 0.655. The predicted octanol–water partition coefficient (Wildman–Crippen LogP) is 2.48. The van der Waals surface area contributed by atoms with Crippen LogP contribution in [0.25, 0.3) is 0 Å². The van der Waals surface area contributed by atoms with Crippen molar-refractivity contribution < 1.29 is 13.9 Å². The van der Waals surface area contributed by atoms with Crippen LogP contribution in [0.15, 0.2) is 6.07 Å². The van der Waals surface area contributed by atoms with E-state index in [9.17, 15) is 9.18 Å². The third-order valence-corrected chi connectivity index (χ3v) is 2.17. The number of methoxy groups -OCH3 is 1. The topological polar surface area (TPSA) is 51.2 Å². The van der Waals surface area contributed by atoms with Gasteiger partial charge in [0.25, 0.3) is 0 Å². The first kappa shape index (κ1) is 12.7. The van der Waals surface area contributed by atoms with Crippen LogP contribution < -0.4 is 5.32 Å². The second-order valence-electron chi connectivity index (χ2n) is 3.08. The van der Waals surface area contributed by atoms with E-state index in [0.29, 0.717) is 6.54 Å². The molecule has 6 heteroatoms. The number of carbonyl (C=O) groups excluding carboxylic acids is 1. The Balaban J connectivity index is 3.02. The van der Waals surface area contributed by atoms with E-state index in [2.05, 4.69) is 15.0 Å². The first-order valence-electron chi connectivity index (χ1n) is 4.78. The summed E-state index contributed by atoms with van der Waals surface area (Å²) in [5, 5.41) is 2.69. The van der Waals surface area contributed by atoms with Gasteiger partial charge in [-0.1, -0.05) is 18.5 Å². The summed E-state index contributed by atoms with van der Waals surface area (Å²) in [4.78, 5) is 14.9. The van der Waals surface area contributed by atoms with Gasteiger partial charge in [-0.25, -0.2) is 14.2 Å². The summed E-state index contributed by atoms with van der Waals surface area (Å²) in [6.07, 6.45) is 0.831. The molecule has 0 amide bonds. The summed E-state index contributed by atoms with van der Waals surface area (Å²) < 4.78 is 17.9. The molecule has 0 aromatic carbocycles. The molecule has 1 heterocycles. The second-order valence-corrected chi connectivity index (χ2v) is 3.43. The van der Waals surface area contributed by atoms with Crippen LogP contribution in [0, 0.1) is 5.82 Å². The standard InChI is InChI=1S/C10H12ClFN2O2/c1-3-4-13-9-7(12)5-6(8(11)14-9)10(15)16-2/h5H,3-4H2,1-2H3,(H,13,14). The van der Waals surface area contributed by atoms with Crippen LogP contribution in [0.4, 0.5) is 10.2 Å². The van der Waals surface area contributed by atoms with Gasteiger partial charge in [-0.2, -0.15) is 0 Å². The summed E-state index contributed by atoms with van der Waals surface area (Å²) in [5.41, 5.74) is -0.0799.